The second-order valence-corrected chi connectivity index (χ2v) is 6.09. The summed E-state index contributed by atoms with van der Waals surface area (Å²) in [5, 5.41) is 10.1. The van der Waals surface area contributed by atoms with Crippen LogP contribution in [0.1, 0.15) is 35.6 Å². The molecule has 2 nitrogen and oxygen atoms in total. The van der Waals surface area contributed by atoms with Crippen molar-refractivity contribution in [3.63, 3.8) is 0 Å². The fourth-order valence-electron chi connectivity index (χ4n) is 1.97. The summed E-state index contributed by atoms with van der Waals surface area (Å²) in [6.07, 6.45) is -6.95. The molecule has 0 aliphatic heterocycles. The van der Waals surface area contributed by atoms with Crippen LogP contribution in [-0.4, -0.2) is 16.0 Å². The molecule has 1 N–H and O–H groups in total. The quantitative estimate of drug-likeness (QED) is 0.767. The van der Waals surface area contributed by atoms with Gasteiger partial charge in [0.05, 0.1) is 16.1 Å². The SMILES string of the molecule is CCC(F)(F)C(O)c1sc(-c2ccc(C(F)(F)F)cc2)nc1C. The van der Waals surface area contributed by atoms with Gasteiger partial charge in [0, 0.05) is 12.0 Å². The van der Waals surface area contributed by atoms with Crippen molar-refractivity contribution in [1.29, 1.82) is 0 Å². The molecule has 1 aromatic carbocycles. The van der Waals surface area contributed by atoms with Gasteiger partial charge in [0.25, 0.3) is 5.92 Å². The van der Waals surface area contributed by atoms with E-state index in [1.807, 2.05) is 0 Å². The fourth-order valence-corrected chi connectivity index (χ4v) is 3.09. The van der Waals surface area contributed by atoms with Crippen LogP contribution in [0, 0.1) is 6.92 Å². The van der Waals surface area contributed by atoms with Crippen LogP contribution in [0.3, 0.4) is 0 Å². The Morgan fingerprint density at radius 3 is 2.17 bits per heavy atom. The number of aromatic nitrogens is 1. The lowest BCUT2D eigenvalue weighted by atomic mass is 10.1. The van der Waals surface area contributed by atoms with Crippen molar-refractivity contribution >= 4 is 11.3 Å². The number of thiazole rings is 1. The van der Waals surface area contributed by atoms with E-state index in [4.69, 9.17) is 0 Å². The molecule has 1 unspecified atom stereocenters. The normalized spacial score (nSPS) is 14.1. The highest BCUT2D eigenvalue weighted by molar-refractivity contribution is 7.15. The average Bonchev–Trinajstić information content (AvgIpc) is 2.87. The van der Waals surface area contributed by atoms with Crippen LogP contribution in [0.15, 0.2) is 24.3 Å². The number of nitrogens with zero attached hydrogens (tertiary/aromatic N) is 1. The molecule has 0 fully saturated rings. The molecule has 8 heteroatoms. The van der Waals surface area contributed by atoms with Crippen LogP contribution in [0.25, 0.3) is 10.6 Å². The molecule has 2 rings (SSSR count). The second-order valence-electron chi connectivity index (χ2n) is 5.06. The number of aliphatic hydroxyl groups is 1. The number of hydrogen-bond donors (Lipinski definition) is 1. The van der Waals surface area contributed by atoms with Crippen LogP contribution >= 0.6 is 11.3 Å². The van der Waals surface area contributed by atoms with Gasteiger partial charge in [-0.3, -0.25) is 0 Å². The van der Waals surface area contributed by atoms with Gasteiger partial charge in [-0.05, 0) is 19.1 Å². The zero-order valence-corrected chi connectivity index (χ0v) is 13.1. The van der Waals surface area contributed by atoms with Gasteiger partial charge in [-0.15, -0.1) is 11.3 Å². The summed E-state index contributed by atoms with van der Waals surface area (Å²) in [5.74, 6) is -3.28. The lowest BCUT2D eigenvalue weighted by molar-refractivity contribution is -0.137. The first-order valence-electron chi connectivity index (χ1n) is 6.77. The fraction of sp³-hybridized carbons (Fsp3) is 0.400. The van der Waals surface area contributed by atoms with E-state index in [9.17, 15) is 27.1 Å². The molecule has 23 heavy (non-hydrogen) atoms. The van der Waals surface area contributed by atoms with Gasteiger partial charge in [0.1, 0.15) is 5.01 Å². The van der Waals surface area contributed by atoms with Crippen molar-refractivity contribution in [1.82, 2.24) is 4.98 Å². The predicted molar refractivity (Wildman–Crippen MR) is 77.5 cm³/mol. The topological polar surface area (TPSA) is 33.1 Å². The van der Waals surface area contributed by atoms with E-state index >= 15 is 0 Å². The molecule has 1 atom stereocenters. The molecular weight excluding hydrogens is 337 g/mol. The summed E-state index contributed by atoms with van der Waals surface area (Å²) >= 11 is 0.854. The summed E-state index contributed by atoms with van der Waals surface area (Å²) < 4.78 is 64.8. The van der Waals surface area contributed by atoms with Gasteiger partial charge in [0.15, 0.2) is 6.10 Å². The summed E-state index contributed by atoms with van der Waals surface area (Å²) in [7, 11) is 0. The summed E-state index contributed by atoms with van der Waals surface area (Å²) in [5.41, 5.74) is -0.179. The highest BCUT2D eigenvalue weighted by Crippen LogP contribution is 2.40. The van der Waals surface area contributed by atoms with Gasteiger partial charge < -0.3 is 5.11 Å². The molecule has 126 valence electrons. The first-order valence-corrected chi connectivity index (χ1v) is 7.58. The lowest BCUT2D eigenvalue weighted by Crippen LogP contribution is -2.24. The molecular formula is C15H14F5NOS. The molecule has 0 amide bonds. The van der Waals surface area contributed by atoms with Crippen LogP contribution < -0.4 is 0 Å². The second kappa shape index (κ2) is 6.16. The Hall–Kier alpha value is -1.54. The number of aliphatic hydroxyl groups excluding tert-OH is 1. The Morgan fingerprint density at radius 1 is 1.13 bits per heavy atom. The standard InChI is InChI=1S/C15H14F5NOS/c1-3-14(16,17)12(22)11-8(2)21-13(23-11)9-4-6-10(7-5-9)15(18,19)20/h4-7,12,22H,3H2,1-2H3. The minimum absolute atomic E-state index is 0.0201. The zero-order chi connectivity index (χ0) is 17.4. The lowest BCUT2D eigenvalue weighted by Gasteiger charge is -2.20. The molecule has 1 aromatic heterocycles. The van der Waals surface area contributed by atoms with E-state index in [1.54, 1.807) is 0 Å². The number of aryl methyl sites for hydroxylation is 1. The molecule has 0 radical (unpaired) electrons. The van der Waals surface area contributed by atoms with Gasteiger partial charge in [-0.2, -0.15) is 13.2 Å². The first kappa shape index (κ1) is 17.8. The smallest absolute Gasteiger partial charge is 0.381 e. The van der Waals surface area contributed by atoms with Crippen molar-refractivity contribution in [2.75, 3.05) is 0 Å². The minimum atomic E-state index is -4.44. The Balaban J connectivity index is 2.34. The van der Waals surface area contributed by atoms with Crippen molar-refractivity contribution in [2.24, 2.45) is 0 Å². The average molecular weight is 351 g/mol. The van der Waals surface area contributed by atoms with Crippen LogP contribution in [0.5, 0.6) is 0 Å². The van der Waals surface area contributed by atoms with Crippen molar-refractivity contribution in [2.45, 2.75) is 38.5 Å². The molecule has 0 aliphatic carbocycles. The van der Waals surface area contributed by atoms with Gasteiger partial charge in [-0.25, -0.2) is 13.8 Å². The minimum Gasteiger partial charge on any atom is -0.381 e. The summed E-state index contributed by atoms with van der Waals surface area (Å²) in [6.45, 7) is 2.74. The Kier molecular flexibility index (Phi) is 4.77. The highest BCUT2D eigenvalue weighted by Gasteiger charge is 2.39. The van der Waals surface area contributed by atoms with Crippen molar-refractivity contribution < 1.29 is 27.1 Å². The number of hydrogen-bond acceptors (Lipinski definition) is 3. The number of rotatable bonds is 4. The van der Waals surface area contributed by atoms with Crippen LogP contribution in [-0.2, 0) is 6.18 Å². The van der Waals surface area contributed by atoms with Crippen molar-refractivity contribution in [3.05, 3.63) is 40.4 Å². The molecule has 0 saturated heterocycles. The molecule has 1 heterocycles. The van der Waals surface area contributed by atoms with E-state index < -0.39 is 30.2 Å². The number of benzene rings is 1. The third kappa shape index (κ3) is 3.69. The van der Waals surface area contributed by atoms with Gasteiger partial charge in [-0.1, -0.05) is 19.1 Å². The third-order valence-electron chi connectivity index (χ3n) is 3.41. The number of halogens is 5. The number of alkyl halides is 5. The molecule has 0 saturated carbocycles. The third-order valence-corrected chi connectivity index (χ3v) is 4.67. The van der Waals surface area contributed by atoms with E-state index in [-0.39, 0.29) is 15.6 Å². The molecule has 0 aliphatic rings. The summed E-state index contributed by atoms with van der Waals surface area (Å²) in [6, 6.07) is 4.27. The first-order chi connectivity index (χ1) is 10.6. The largest absolute Gasteiger partial charge is 0.416 e. The molecule has 0 spiro atoms. The van der Waals surface area contributed by atoms with Crippen molar-refractivity contribution in [3.8, 4) is 10.6 Å². The van der Waals surface area contributed by atoms with E-state index in [1.165, 1.54) is 26.0 Å². The monoisotopic (exact) mass is 351 g/mol. The highest BCUT2D eigenvalue weighted by atomic mass is 32.1. The molecule has 0 bridgehead atoms. The predicted octanol–water partition coefficient (Wildman–Crippen LogP) is 5.22. The maximum Gasteiger partial charge on any atom is 0.416 e. The Bertz CT molecular complexity index is 678. The maximum atomic E-state index is 13.6. The van der Waals surface area contributed by atoms with Crippen LogP contribution in [0.2, 0.25) is 0 Å². The summed E-state index contributed by atoms with van der Waals surface area (Å²) in [4.78, 5) is 4.11. The Labute approximate surface area is 133 Å². The van der Waals surface area contributed by atoms with Gasteiger partial charge in [0.2, 0.25) is 0 Å². The van der Waals surface area contributed by atoms with E-state index in [0.717, 1.165) is 23.5 Å². The Morgan fingerprint density at radius 2 is 1.70 bits per heavy atom. The molecule has 2 aromatic rings. The maximum absolute atomic E-state index is 13.6. The van der Waals surface area contributed by atoms with Gasteiger partial charge >= 0.3 is 6.18 Å². The van der Waals surface area contributed by atoms with E-state index in [2.05, 4.69) is 4.98 Å². The van der Waals surface area contributed by atoms with E-state index in [0.29, 0.717) is 5.56 Å². The van der Waals surface area contributed by atoms with Crippen LogP contribution in [0.4, 0.5) is 22.0 Å². The zero-order valence-electron chi connectivity index (χ0n) is 12.3.